The molecule has 1 atom stereocenters. The summed E-state index contributed by atoms with van der Waals surface area (Å²) >= 11 is 0. The molecule has 1 N–H and O–H groups in total. The molecule has 1 aliphatic carbocycles. The van der Waals surface area contributed by atoms with Gasteiger partial charge in [-0.25, -0.2) is 9.78 Å². The highest BCUT2D eigenvalue weighted by atomic mass is 16.5. The first-order chi connectivity index (χ1) is 17.7. The number of carbonyl (C=O) groups is 1. The first kappa shape index (κ1) is 25.8. The van der Waals surface area contributed by atoms with Crippen molar-refractivity contribution < 1.29 is 28.5 Å². The number of rotatable bonds is 10. The maximum Gasteiger partial charge on any atom is 0.371 e. The molecule has 2 aliphatic rings. The maximum absolute atomic E-state index is 9.97. The lowest BCUT2D eigenvalue weighted by Gasteiger charge is -2.12. The minimum Gasteiger partial charge on any atom is -0.493 e. The van der Waals surface area contributed by atoms with Crippen LogP contribution in [0.3, 0.4) is 0 Å². The summed E-state index contributed by atoms with van der Waals surface area (Å²) in [5.74, 6) is 1.33. The van der Waals surface area contributed by atoms with Gasteiger partial charge in [0, 0.05) is 25.3 Å². The summed E-state index contributed by atoms with van der Waals surface area (Å²) in [6.45, 7) is 2.15. The van der Waals surface area contributed by atoms with Gasteiger partial charge in [-0.15, -0.1) is 0 Å². The number of benzene rings is 1. The van der Waals surface area contributed by atoms with Gasteiger partial charge in [0.05, 0.1) is 25.6 Å². The van der Waals surface area contributed by atoms with Crippen molar-refractivity contribution in [3.63, 3.8) is 0 Å². The predicted octanol–water partition coefficient (Wildman–Crippen LogP) is 6.29. The Labute approximate surface area is 212 Å². The lowest BCUT2D eigenvalue weighted by molar-refractivity contribution is 0.0662. The number of carboxylic acid groups (broad SMARTS) is 1. The molecule has 0 radical (unpaired) electrons. The Balaban J connectivity index is 0.000000325. The second-order valence-electron chi connectivity index (χ2n) is 9.22. The summed E-state index contributed by atoms with van der Waals surface area (Å²) in [6.07, 6.45) is 13.0. The van der Waals surface area contributed by atoms with E-state index >= 15 is 0 Å². The molecule has 192 valence electrons. The van der Waals surface area contributed by atoms with E-state index in [9.17, 15) is 4.79 Å². The molecule has 1 saturated heterocycles. The van der Waals surface area contributed by atoms with Gasteiger partial charge in [0.15, 0.2) is 0 Å². The van der Waals surface area contributed by atoms with Crippen molar-refractivity contribution in [1.82, 2.24) is 4.98 Å². The quantitative estimate of drug-likeness (QED) is 0.332. The molecule has 0 bridgehead atoms. The highest BCUT2D eigenvalue weighted by Gasteiger charge is 2.17. The van der Waals surface area contributed by atoms with Crippen LogP contribution in [-0.2, 0) is 11.2 Å². The second-order valence-corrected chi connectivity index (χ2v) is 9.22. The van der Waals surface area contributed by atoms with Crippen molar-refractivity contribution in [2.75, 3.05) is 19.8 Å². The van der Waals surface area contributed by atoms with Crippen molar-refractivity contribution in [3.8, 4) is 11.6 Å². The van der Waals surface area contributed by atoms with Crippen LogP contribution < -0.4 is 9.47 Å². The maximum atomic E-state index is 9.97. The Morgan fingerprint density at radius 1 is 1.00 bits per heavy atom. The van der Waals surface area contributed by atoms with E-state index in [0.29, 0.717) is 25.2 Å². The molecule has 0 spiro atoms. The second kappa shape index (κ2) is 13.7. The molecule has 2 fully saturated rings. The number of carboxylic acids is 1. The summed E-state index contributed by atoms with van der Waals surface area (Å²) in [5, 5.41) is 8.18. The zero-order valence-corrected chi connectivity index (χ0v) is 20.6. The van der Waals surface area contributed by atoms with Crippen LogP contribution in [0.15, 0.2) is 65.4 Å². The lowest BCUT2D eigenvalue weighted by atomic mass is 9.98. The van der Waals surface area contributed by atoms with Crippen LogP contribution in [0.4, 0.5) is 0 Å². The molecule has 7 heteroatoms. The van der Waals surface area contributed by atoms with Crippen LogP contribution in [0, 0.1) is 0 Å². The average Bonchev–Trinajstić information content (AvgIpc) is 3.69. The molecule has 3 aromatic rings. The van der Waals surface area contributed by atoms with Crippen molar-refractivity contribution in [1.29, 1.82) is 0 Å². The molecular formula is C29H35NO6. The minimum absolute atomic E-state index is 0.0231. The summed E-state index contributed by atoms with van der Waals surface area (Å²) in [7, 11) is 0. The van der Waals surface area contributed by atoms with Crippen LogP contribution >= 0.6 is 0 Å². The van der Waals surface area contributed by atoms with Crippen LogP contribution in [0.1, 0.15) is 72.5 Å². The van der Waals surface area contributed by atoms with Gasteiger partial charge in [-0.2, -0.15) is 0 Å². The van der Waals surface area contributed by atoms with E-state index in [1.807, 2.05) is 18.3 Å². The third-order valence-corrected chi connectivity index (χ3v) is 6.53. The Morgan fingerprint density at radius 3 is 2.47 bits per heavy atom. The summed E-state index contributed by atoms with van der Waals surface area (Å²) in [6, 6.07) is 15.7. The van der Waals surface area contributed by atoms with E-state index in [2.05, 4.69) is 33.7 Å². The first-order valence-electron chi connectivity index (χ1n) is 12.9. The Bertz CT molecular complexity index is 1040. The molecule has 1 saturated carbocycles. The minimum atomic E-state index is -1.03. The third-order valence-electron chi connectivity index (χ3n) is 6.53. The summed E-state index contributed by atoms with van der Waals surface area (Å²) in [4.78, 5) is 14.3. The van der Waals surface area contributed by atoms with Gasteiger partial charge in [0.25, 0.3) is 0 Å². The summed E-state index contributed by atoms with van der Waals surface area (Å²) in [5.41, 5.74) is 2.69. The molecule has 36 heavy (non-hydrogen) atoms. The summed E-state index contributed by atoms with van der Waals surface area (Å²) < 4.78 is 21.9. The standard InChI is InChI=1S/C24H31NO3.C5H4O3/c1-2-6-20(5-1)21-8-10-22(11-9-21)26-15-4-16-28-24-18-19(12-13-25-24)17-23-7-3-14-27-23;6-5(7)4-2-1-3-8-4/h8-13,18,20,23H,1-7,14-17H2;1-3H,(H,6,7). The van der Waals surface area contributed by atoms with Crippen LogP contribution in [0.5, 0.6) is 11.6 Å². The highest BCUT2D eigenvalue weighted by Crippen LogP contribution is 2.34. The molecule has 2 aromatic heterocycles. The molecule has 3 heterocycles. The Kier molecular flexibility index (Phi) is 9.79. The molecule has 0 amide bonds. The molecule has 1 unspecified atom stereocenters. The number of pyridine rings is 1. The third kappa shape index (κ3) is 8.12. The first-order valence-corrected chi connectivity index (χ1v) is 12.9. The molecule has 5 rings (SSSR count). The fourth-order valence-corrected chi connectivity index (χ4v) is 4.65. The van der Waals surface area contributed by atoms with Gasteiger partial charge in [0.2, 0.25) is 11.6 Å². The molecule has 1 aromatic carbocycles. The van der Waals surface area contributed by atoms with E-state index in [0.717, 1.165) is 37.5 Å². The van der Waals surface area contributed by atoms with Gasteiger partial charge < -0.3 is 23.7 Å². The van der Waals surface area contributed by atoms with Crippen LogP contribution in [0.2, 0.25) is 0 Å². The van der Waals surface area contributed by atoms with Crippen molar-refractivity contribution >= 4 is 5.97 Å². The number of aromatic carboxylic acids is 1. The highest BCUT2D eigenvalue weighted by molar-refractivity contribution is 5.84. The number of hydrogen-bond acceptors (Lipinski definition) is 6. The van der Waals surface area contributed by atoms with E-state index in [1.54, 1.807) is 0 Å². The number of furan rings is 1. The molecule has 7 nitrogen and oxygen atoms in total. The fraction of sp³-hybridized carbons (Fsp3) is 0.448. The van der Waals surface area contributed by atoms with Crippen LogP contribution in [-0.4, -0.2) is 42.0 Å². The SMILES string of the molecule is O=C(O)c1ccco1.c1cc(CC2CCCO2)cc(OCCCOc2ccc(C3CCCC3)cc2)n1. The average molecular weight is 494 g/mol. The number of nitrogens with zero attached hydrogens (tertiary/aromatic N) is 1. The number of aromatic nitrogens is 1. The Hall–Kier alpha value is -3.32. The molecular weight excluding hydrogens is 458 g/mol. The largest absolute Gasteiger partial charge is 0.493 e. The number of ether oxygens (including phenoxy) is 3. The van der Waals surface area contributed by atoms with Crippen molar-refractivity contribution in [2.45, 2.75) is 63.4 Å². The van der Waals surface area contributed by atoms with Gasteiger partial charge >= 0.3 is 5.97 Å². The Morgan fingerprint density at radius 2 is 1.81 bits per heavy atom. The monoisotopic (exact) mass is 493 g/mol. The van der Waals surface area contributed by atoms with E-state index in [1.165, 1.54) is 61.6 Å². The fourth-order valence-electron chi connectivity index (χ4n) is 4.65. The zero-order chi connectivity index (χ0) is 25.0. The number of hydrogen-bond donors (Lipinski definition) is 1. The van der Waals surface area contributed by atoms with Gasteiger partial charge in [-0.1, -0.05) is 25.0 Å². The van der Waals surface area contributed by atoms with Gasteiger partial charge in [-0.05, 0) is 79.5 Å². The van der Waals surface area contributed by atoms with Crippen molar-refractivity contribution in [2.24, 2.45) is 0 Å². The normalized spacial score (nSPS) is 17.4. The topological polar surface area (TPSA) is 91.0 Å². The van der Waals surface area contributed by atoms with E-state index < -0.39 is 5.97 Å². The van der Waals surface area contributed by atoms with E-state index in [4.69, 9.17) is 19.3 Å². The van der Waals surface area contributed by atoms with Gasteiger partial charge in [0.1, 0.15) is 5.75 Å². The molecule has 1 aliphatic heterocycles. The smallest absolute Gasteiger partial charge is 0.371 e. The van der Waals surface area contributed by atoms with Crippen LogP contribution in [0.25, 0.3) is 0 Å². The zero-order valence-electron chi connectivity index (χ0n) is 20.6. The van der Waals surface area contributed by atoms with E-state index in [-0.39, 0.29) is 5.76 Å². The van der Waals surface area contributed by atoms with Gasteiger partial charge in [-0.3, -0.25) is 0 Å². The van der Waals surface area contributed by atoms with Crippen molar-refractivity contribution in [3.05, 3.63) is 77.9 Å². The predicted molar refractivity (Wildman–Crippen MR) is 136 cm³/mol. The lowest BCUT2D eigenvalue weighted by Crippen LogP contribution is -2.09.